The Morgan fingerprint density at radius 2 is 1.83 bits per heavy atom. The molecule has 3 rings (SSSR count). The number of hydrogen-bond donors (Lipinski definition) is 2. The summed E-state index contributed by atoms with van der Waals surface area (Å²) in [6.45, 7) is -1.31. The molecule has 2 amide bonds. The zero-order chi connectivity index (χ0) is 20.5. The van der Waals surface area contributed by atoms with Gasteiger partial charge in [-0.1, -0.05) is 36.4 Å². The maximum atomic E-state index is 12.1. The number of hydrogen-bond acceptors (Lipinski definition) is 3. The molecule has 6 nitrogen and oxygen atoms in total. The van der Waals surface area contributed by atoms with Crippen molar-refractivity contribution in [1.82, 2.24) is 20.4 Å². The molecule has 0 saturated carbocycles. The first kappa shape index (κ1) is 20.3. The van der Waals surface area contributed by atoms with Crippen molar-refractivity contribution in [3.05, 3.63) is 83.7 Å². The van der Waals surface area contributed by atoms with E-state index in [1.807, 2.05) is 41.2 Å². The Morgan fingerprint density at radius 1 is 1.03 bits per heavy atom. The van der Waals surface area contributed by atoms with Crippen molar-refractivity contribution in [2.45, 2.75) is 26.1 Å². The van der Waals surface area contributed by atoms with E-state index in [0.717, 1.165) is 16.7 Å². The fourth-order valence-electron chi connectivity index (χ4n) is 2.82. The number of halogens is 2. The van der Waals surface area contributed by atoms with Gasteiger partial charge in [-0.2, -0.15) is 13.9 Å². The van der Waals surface area contributed by atoms with Crippen LogP contribution in [0.3, 0.4) is 0 Å². The molecule has 0 aliphatic heterocycles. The van der Waals surface area contributed by atoms with Crippen molar-refractivity contribution in [3.8, 4) is 5.75 Å². The van der Waals surface area contributed by atoms with Gasteiger partial charge in [0.2, 0.25) is 0 Å². The lowest BCUT2D eigenvalue weighted by atomic mass is 10.1. The van der Waals surface area contributed by atoms with E-state index in [-0.39, 0.29) is 11.8 Å². The second kappa shape index (κ2) is 10.2. The van der Waals surface area contributed by atoms with Crippen molar-refractivity contribution < 1.29 is 18.3 Å². The lowest BCUT2D eigenvalue weighted by Crippen LogP contribution is -2.36. The quantitative estimate of drug-likeness (QED) is 0.577. The highest BCUT2D eigenvalue weighted by Crippen LogP contribution is 2.15. The Balaban J connectivity index is 1.39. The fraction of sp³-hybridized carbons (Fsp3) is 0.238. The van der Waals surface area contributed by atoms with Crippen LogP contribution in [0.2, 0.25) is 0 Å². The van der Waals surface area contributed by atoms with Gasteiger partial charge in [0, 0.05) is 25.5 Å². The number of aromatic nitrogens is 2. The highest BCUT2D eigenvalue weighted by molar-refractivity contribution is 5.73. The highest BCUT2D eigenvalue weighted by atomic mass is 19.3. The molecule has 29 heavy (non-hydrogen) atoms. The first-order chi connectivity index (χ1) is 14.1. The molecule has 0 aliphatic carbocycles. The van der Waals surface area contributed by atoms with Gasteiger partial charge < -0.3 is 15.4 Å². The van der Waals surface area contributed by atoms with Gasteiger partial charge >= 0.3 is 12.6 Å². The monoisotopic (exact) mass is 400 g/mol. The lowest BCUT2D eigenvalue weighted by molar-refractivity contribution is -0.0498. The molecule has 0 unspecified atom stereocenters. The summed E-state index contributed by atoms with van der Waals surface area (Å²) >= 11 is 0. The number of urea groups is 1. The molecule has 0 fully saturated rings. The van der Waals surface area contributed by atoms with Crippen molar-refractivity contribution in [1.29, 1.82) is 0 Å². The summed E-state index contributed by atoms with van der Waals surface area (Å²) in [5, 5.41) is 9.80. The van der Waals surface area contributed by atoms with E-state index < -0.39 is 6.61 Å². The molecule has 2 aromatic carbocycles. The van der Waals surface area contributed by atoms with Crippen molar-refractivity contribution in [2.75, 3.05) is 6.54 Å². The van der Waals surface area contributed by atoms with E-state index >= 15 is 0 Å². The van der Waals surface area contributed by atoms with Crippen LogP contribution in [0.5, 0.6) is 5.75 Å². The minimum Gasteiger partial charge on any atom is -0.435 e. The van der Waals surface area contributed by atoms with E-state index in [4.69, 9.17) is 0 Å². The minimum atomic E-state index is -2.84. The third-order valence-corrected chi connectivity index (χ3v) is 4.20. The molecule has 0 atom stereocenters. The maximum absolute atomic E-state index is 12.1. The Hall–Kier alpha value is -3.42. The van der Waals surface area contributed by atoms with Crippen LogP contribution in [-0.2, 0) is 19.5 Å². The Labute approximate surface area is 167 Å². The molecule has 1 aromatic heterocycles. The standard InChI is InChI=1S/C21H22F2N4O2/c22-20(23)29-19-7-5-16(6-8-19)9-11-24-21(28)25-14-17-3-1-4-18(13-17)15-27-12-2-10-26-27/h1-8,10,12-13,20H,9,11,14-15H2,(H2,24,25,28). The van der Waals surface area contributed by atoms with E-state index in [9.17, 15) is 13.6 Å². The van der Waals surface area contributed by atoms with Crippen molar-refractivity contribution in [3.63, 3.8) is 0 Å². The molecule has 0 radical (unpaired) electrons. The lowest BCUT2D eigenvalue weighted by Gasteiger charge is -2.10. The molecule has 0 aliphatic rings. The third-order valence-electron chi connectivity index (χ3n) is 4.20. The van der Waals surface area contributed by atoms with Crippen LogP contribution < -0.4 is 15.4 Å². The predicted octanol–water partition coefficient (Wildman–Crippen LogP) is 3.57. The van der Waals surface area contributed by atoms with Gasteiger partial charge in [-0.15, -0.1) is 0 Å². The van der Waals surface area contributed by atoms with Gasteiger partial charge in [0.25, 0.3) is 0 Å². The van der Waals surface area contributed by atoms with E-state index in [2.05, 4.69) is 20.5 Å². The molecular weight excluding hydrogens is 378 g/mol. The van der Waals surface area contributed by atoms with Crippen LogP contribution in [0.25, 0.3) is 0 Å². The predicted molar refractivity (Wildman–Crippen MR) is 105 cm³/mol. The number of carbonyl (C=O) groups excluding carboxylic acids is 1. The molecule has 0 spiro atoms. The summed E-state index contributed by atoms with van der Waals surface area (Å²) in [5.74, 6) is 0.115. The van der Waals surface area contributed by atoms with Crippen LogP contribution in [0.4, 0.5) is 13.6 Å². The number of ether oxygens (including phenoxy) is 1. The fourth-order valence-corrected chi connectivity index (χ4v) is 2.82. The molecule has 1 heterocycles. The van der Waals surface area contributed by atoms with Gasteiger partial charge in [-0.25, -0.2) is 4.79 Å². The maximum Gasteiger partial charge on any atom is 0.387 e. The summed E-state index contributed by atoms with van der Waals surface area (Å²) in [6.07, 6.45) is 4.22. The molecule has 152 valence electrons. The van der Waals surface area contributed by atoms with Crippen LogP contribution in [0.15, 0.2) is 67.0 Å². The zero-order valence-corrected chi connectivity index (χ0v) is 15.7. The summed E-state index contributed by atoms with van der Waals surface area (Å²) in [7, 11) is 0. The average Bonchev–Trinajstić information content (AvgIpc) is 3.21. The SMILES string of the molecule is O=C(NCCc1ccc(OC(F)F)cc1)NCc1cccc(Cn2cccn2)c1. The minimum absolute atomic E-state index is 0.115. The molecule has 0 bridgehead atoms. The van der Waals surface area contributed by atoms with Gasteiger partial charge in [0.05, 0.1) is 6.54 Å². The first-order valence-corrected chi connectivity index (χ1v) is 9.19. The van der Waals surface area contributed by atoms with Crippen LogP contribution in [0.1, 0.15) is 16.7 Å². The number of alkyl halides is 2. The van der Waals surface area contributed by atoms with E-state index in [1.165, 1.54) is 12.1 Å². The number of amides is 2. The molecule has 3 aromatic rings. The van der Waals surface area contributed by atoms with Crippen LogP contribution in [-0.4, -0.2) is 29.0 Å². The number of rotatable bonds is 9. The smallest absolute Gasteiger partial charge is 0.387 e. The van der Waals surface area contributed by atoms with Crippen molar-refractivity contribution in [2.24, 2.45) is 0 Å². The number of carbonyl (C=O) groups is 1. The Morgan fingerprint density at radius 3 is 2.55 bits per heavy atom. The number of benzene rings is 2. The summed E-state index contributed by atoms with van der Waals surface area (Å²) < 4.78 is 30.4. The summed E-state index contributed by atoms with van der Waals surface area (Å²) in [6, 6.07) is 15.9. The first-order valence-electron chi connectivity index (χ1n) is 9.19. The average molecular weight is 400 g/mol. The molecule has 2 N–H and O–H groups in total. The zero-order valence-electron chi connectivity index (χ0n) is 15.7. The molecular formula is C21H22F2N4O2. The van der Waals surface area contributed by atoms with Gasteiger partial charge in [-0.3, -0.25) is 4.68 Å². The highest BCUT2D eigenvalue weighted by Gasteiger charge is 2.05. The molecule has 8 heteroatoms. The van der Waals surface area contributed by atoms with Gasteiger partial charge in [0.1, 0.15) is 5.75 Å². The number of nitrogens with zero attached hydrogens (tertiary/aromatic N) is 2. The number of nitrogens with one attached hydrogen (secondary N) is 2. The normalized spacial score (nSPS) is 10.7. The van der Waals surface area contributed by atoms with Crippen LogP contribution >= 0.6 is 0 Å². The second-order valence-electron chi connectivity index (χ2n) is 6.41. The van der Waals surface area contributed by atoms with Crippen molar-refractivity contribution >= 4 is 6.03 Å². The Bertz CT molecular complexity index is 899. The Kier molecular flexibility index (Phi) is 7.16. The largest absolute Gasteiger partial charge is 0.435 e. The van der Waals surface area contributed by atoms with E-state index in [0.29, 0.717) is 26.1 Å². The summed E-state index contributed by atoms with van der Waals surface area (Å²) in [4.78, 5) is 12.0. The topological polar surface area (TPSA) is 68.2 Å². The van der Waals surface area contributed by atoms with Crippen LogP contribution in [0, 0.1) is 0 Å². The second-order valence-corrected chi connectivity index (χ2v) is 6.41. The molecule has 0 saturated heterocycles. The van der Waals surface area contributed by atoms with Gasteiger partial charge in [-0.05, 0) is 41.3 Å². The van der Waals surface area contributed by atoms with Gasteiger partial charge in [0.15, 0.2) is 0 Å². The van der Waals surface area contributed by atoms with E-state index in [1.54, 1.807) is 18.3 Å². The third kappa shape index (κ3) is 6.91. The summed E-state index contributed by atoms with van der Waals surface area (Å²) in [5.41, 5.74) is 3.02.